The van der Waals surface area contributed by atoms with Gasteiger partial charge in [-0.1, -0.05) is 58.0 Å². The molecule has 31 heavy (non-hydrogen) atoms. The maximum Gasteiger partial charge on any atom is 0.256 e. The molecule has 0 saturated carbocycles. The quantitative estimate of drug-likeness (QED) is 0.314. The van der Waals surface area contributed by atoms with Crippen molar-refractivity contribution in [1.82, 2.24) is 4.98 Å². The smallest absolute Gasteiger partial charge is 0.256 e. The summed E-state index contributed by atoms with van der Waals surface area (Å²) in [6.07, 6.45) is 0. The third-order valence-corrected chi connectivity index (χ3v) is 5.97. The molecule has 3 aromatic carbocycles. The Kier molecular flexibility index (Phi) is 6.14. The first kappa shape index (κ1) is 21.9. The number of pyridine rings is 1. The van der Waals surface area contributed by atoms with Crippen molar-refractivity contribution in [2.75, 3.05) is 5.32 Å². The number of amides is 1. The van der Waals surface area contributed by atoms with Crippen molar-refractivity contribution in [2.24, 2.45) is 0 Å². The van der Waals surface area contributed by atoms with E-state index in [0.29, 0.717) is 42.6 Å². The number of nitrogens with one attached hydrogen (secondary N) is 1. The molecule has 3 nitrogen and oxygen atoms in total. The standard InChI is InChI=1S/C24H16Cl4N2O/c1-12-7-13(2)23-17(8-12)18(24(31)30-21-6-4-15(26)10-20(21)28)11-22(29-23)16-5-3-14(25)9-19(16)27/h3-11H,1-2H3,(H,30,31). The van der Waals surface area contributed by atoms with Crippen LogP contribution in [0.5, 0.6) is 0 Å². The first-order chi connectivity index (χ1) is 14.7. The fourth-order valence-corrected chi connectivity index (χ4v) is 4.45. The van der Waals surface area contributed by atoms with E-state index in [0.717, 1.165) is 22.0 Å². The lowest BCUT2D eigenvalue weighted by Gasteiger charge is -2.14. The van der Waals surface area contributed by atoms with Crippen LogP contribution in [-0.4, -0.2) is 10.9 Å². The summed E-state index contributed by atoms with van der Waals surface area (Å²) >= 11 is 24.7. The summed E-state index contributed by atoms with van der Waals surface area (Å²) in [4.78, 5) is 18.1. The first-order valence-corrected chi connectivity index (χ1v) is 10.9. The van der Waals surface area contributed by atoms with E-state index in [9.17, 15) is 4.79 Å². The van der Waals surface area contributed by atoms with Crippen LogP contribution < -0.4 is 5.32 Å². The molecule has 0 aliphatic rings. The van der Waals surface area contributed by atoms with Gasteiger partial charge in [-0.15, -0.1) is 0 Å². The average molecular weight is 490 g/mol. The molecule has 1 N–H and O–H groups in total. The normalized spacial score (nSPS) is 11.0. The van der Waals surface area contributed by atoms with Gasteiger partial charge in [0.1, 0.15) is 0 Å². The summed E-state index contributed by atoms with van der Waals surface area (Å²) in [6.45, 7) is 3.95. The Balaban J connectivity index is 1.90. The molecule has 1 aromatic heterocycles. The monoisotopic (exact) mass is 488 g/mol. The molecule has 156 valence electrons. The van der Waals surface area contributed by atoms with Gasteiger partial charge in [-0.25, -0.2) is 4.98 Å². The van der Waals surface area contributed by atoms with Gasteiger partial charge >= 0.3 is 0 Å². The van der Waals surface area contributed by atoms with Crippen LogP contribution in [0, 0.1) is 13.8 Å². The molecular formula is C24H16Cl4N2O. The fourth-order valence-electron chi connectivity index (χ4n) is 3.48. The molecule has 1 amide bonds. The van der Waals surface area contributed by atoms with E-state index in [4.69, 9.17) is 51.4 Å². The summed E-state index contributed by atoms with van der Waals surface area (Å²) < 4.78 is 0. The molecule has 0 spiro atoms. The van der Waals surface area contributed by atoms with Crippen molar-refractivity contribution in [3.05, 3.63) is 91.4 Å². The van der Waals surface area contributed by atoms with Crippen molar-refractivity contribution in [2.45, 2.75) is 13.8 Å². The Morgan fingerprint density at radius 3 is 2.19 bits per heavy atom. The predicted molar refractivity (Wildman–Crippen MR) is 131 cm³/mol. The number of carbonyl (C=O) groups excluding carboxylic acids is 1. The molecule has 0 aliphatic heterocycles. The van der Waals surface area contributed by atoms with E-state index in [2.05, 4.69) is 5.32 Å². The molecule has 0 saturated heterocycles. The molecule has 1 heterocycles. The zero-order valence-electron chi connectivity index (χ0n) is 16.6. The van der Waals surface area contributed by atoms with Gasteiger partial charge in [0.15, 0.2) is 0 Å². The Hall–Kier alpha value is -2.30. The number of halogens is 4. The lowest BCUT2D eigenvalue weighted by Crippen LogP contribution is -2.14. The van der Waals surface area contributed by atoms with Crippen LogP contribution in [0.3, 0.4) is 0 Å². The Morgan fingerprint density at radius 1 is 0.839 bits per heavy atom. The van der Waals surface area contributed by atoms with E-state index >= 15 is 0 Å². The maximum absolute atomic E-state index is 13.3. The third-order valence-electron chi connectivity index (χ3n) is 4.88. The highest BCUT2D eigenvalue weighted by atomic mass is 35.5. The van der Waals surface area contributed by atoms with Gasteiger partial charge < -0.3 is 5.32 Å². The summed E-state index contributed by atoms with van der Waals surface area (Å²) in [5.74, 6) is -0.312. The number of nitrogens with zero attached hydrogens (tertiary/aromatic N) is 1. The van der Waals surface area contributed by atoms with Gasteiger partial charge in [0.2, 0.25) is 0 Å². The third kappa shape index (κ3) is 4.51. The zero-order chi connectivity index (χ0) is 22.3. The van der Waals surface area contributed by atoms with Crippen molar-refractivity contribution in [3.8, 4) is 11.3 Å². The van der Waals surface area contributed by atoms with Crippen LogP contribution in [0.1, 0.15) is 21.5 Å². The second-order valence-electron chi connectivity index (χ2n) is 7.24. The number of carbonyl (C=O) groups is 1. The Morgan fingerprint density at radius 2 is 1.52 bits per heavy atom. The number of anilines is 1. The molecule has 0 bridgehead atoms. The SMILES string of the molecule is Cc1cc(C)c2nc(-c3ccc(Cl)cc3Cl)cc(C(=O)Nc3ccc(Cl)cc3Cl)c2c1. The highest BCUT2D eigenvalue weighted by molar-refractivity contribution is 6.37. The van der Waals surface area contributed by atoms with Gasteiger partial charge in [0.25, 0.3) is 5.91 Å². The van der Waals surface area contributed by atoms with Crippen LogP contribution in [0.15, 0.2) is 54.6 Å². The molecule has 0 radical (unpaired) electrons. The molecule has 0 unspecified atom stereocenters. The van der Waals surface area contributed by atoms with Gasteiger partial charge in [-0.3, -0.25) is 4.79 Å². The second-order valence-corrected chi connectivity index (χ2v) is 8.92. The first-order valence-electron chi connectivity index (χ1n) is 9.37. The number of hydrogen-bond donors (Lipinski definition) is 1. The average Bonchev–Trinajstić information content (AvgIpc) is 2.69. The molecule has 0 aliphatic carbocycles. The van der Waals surface area contributed by atoms with Crippen molar-refractivity contribution >= 4 is 68.9 Å². The fraction of sp³-hybridized carbons (Fsp3) is 0.0833. The predicted octanol–water partition coefficient (Wildman–Crippen LogP) is 8.38. The van der Waals surface area contributed by atoms with Gasteiger partial charge in [0, 0.05) is 21.0 Å². The number of hydrogen-bond acceptors (Lipinski definition) is 2. The minimum absolute atomic E-state index is 0.312. The van der Waals surface area contributed by atoms with Gasteiger partial charge in [-0.2, -0.15) is 0 Å². The zero-order valence-corrected chi connectivity index (χ0v) is 19.6. The highest BCUT2D eigenvalue weighted by Gasteiger charge is 2.18. The van der Waals surface area contributed by atoms with Crippen LogP contribution in [0.25, 0.3) is 22.2 Å². The molecular weight excluding hydrogens is 474 g/mol. The minimum Gasteiger partial charge on any atom is -0.321 e. The number of rotatable bonds is 3. The number of fused-ring (bicyclic) bond motifs is 1. The van der Waals surface area contributed by atoms with Crippen molar-refractivity contribution in [1.29, 1.82) is 0 Å². The van der Waals surface area contributed by atoms with Crippen LogP contribution >= 0.6 is 46.4 Å². The molecule has 4 rings (SSSR count). The highest BCUT2D eigenvalue weighted by Crippen LogP contribution is 2.34. The van der Waals surface area contributed by atoms with Gasteiger partial charge in [-0.05, 0) is 67.9 Å². The summed E-state index contributed by atoms with van der Waals surface area (Å²) in [5, 5.41) is 5.44. The minimum atomic E-state index is -0.312. The van der Waals surface area contributed by atoms with Gasteiger partial charge in [0.05, 0.1) is 32.5 Å². The number of aryl methyl sites for hydroxylation is 2. The summed E-state index contributed by atoms with van der Waals surface area (Å²) in [6, 6.07) is 15.8. The van der Waals surface area contributed by atoms with Crippen LogP contribution in [0.2, 0.25) is 20.1 Å². The second kappa shape index (κ2) is 8.68. The van der Waals surface area contributed by atoms with E-state index in [1.165, 1.54) is 0 Å². The van der Waals surface area contributed by atoms with E-state index in [-0.39, 0.29) is 5.91 Å². The lowest BCUT2D eigenvalue weighted by atomic mass is 9.99. The van der Waals surface area contributed by atoms with Crippen molar-refractivity contribution in [3.63, 3.8) is 0 Å². The van der Waals surface area contributed by atoms with Crippen LogP contribution in [-0.2, 0) is 0 Å². The molecule has 4 aromatic rings. The summed E-state index contributed by atoms with van der Waals surface area (Å²) in [7, 11) is 0. The van der Waals surface area contributed by atoms with E-state index in [1.807, 2.05) is 26.0 Å². The molecule has 7 heteroatoms. The Labute approximate surface area is 199 Å². The number of aromatic nitrogens is 1. The largest absolute Gasteiger partial charge is 0.321 e. The lowest BCUT2D eigenvalue weighted by molar-refractivity contribution is 0.102. The topological polar surface area (TPSA) is 42.0 Å². The molecule has 0 atom stereocenters. The van der Waals surface area contributed by atoms with E-state index < -0.39 is 0 Å². The van der Waals surface area contributed by atoms with Crippen LogP contribution in [0.4, 0.5) is 5.69 Å². The Bertz CT molecular complexity index is 1350. The summed E-state index contributed by atoms with van der Waals surface area (Å²) in [5.41, 5.74) is 4.91. The van der Waals surface area contributed by atoms with E-state index in [1.54, 1.807) is 42.5 Å². The number of benzene rings is 3. The maximum atomic E-state index is 13.3. The van der Waals surface area contributed by atoms with Crippen molar-refractivity contribution < 1.29 is 4.79 Å². The molecule has 0 fully saturated rings.